The quantitative estimate of drug-likeness (QED) is 0.866. The molecule has 1 aliphatic rings. The van der Waals surface area contributed by atoms with Gasteiger partial charge in [0.25, 0.3) is 0 Å². The molecule has 0 atom stereocenters. The molecule has 0 radical (unpaired) electrons. The zero-order valence-electron chi connectivity index (χ0n) is 13.7. The van der Waals surface area contributed by atoms with Crippen molar-refractivity contribution >= 4 is 5.91 Å². The second-order valence-corrected chi connectivity index (χ2v) is 6.44. The minimum atomic E-state index is 0.200. The molecule has 1 amide bonds. The molecule has 23 heavy (non-hydrogen) atoms. The van der Waals surface area contributed by atoms with Crippen LogP contribution >= 0.6 is 0 Å². The van der Waals surface area contributed by atoms with Gasteiger partial charge in [0, 0.05) is 37.8 Å². The average molecular weight is 308 g/mol. The Morgan fingerprint density at radius 3 is 2.43 bits per heavy atom. The van der Waals surface area contributed by atoms with Crippen LogP contribution in [0.2, 0.25) is 0 Å². The molecule has 1 saturated heterocycles. The van der Waals surface area contributed by atoms with Crippen LogP contribution in [-0.4, -0.2) is 28.9 Å². The van der Waals surface area contributed by atoms with E-state index in [0.29, 0.717) is 5.92 Å². The summed E-state index contributed by atoms with van der Waals surface area (Å²) >= 11 is 0. The molecule has 1 aliphatic heterocycles. The maximum absolute atomic E-state index is 11.4. The normalized spacial score (nSPS) is 15.6. The highest BCUT2D eigenvalue weighted by atomic mass is 16.2. The van der Waals surface area contributed by atoms with Gasteiger partial charge in [-0.05, 0) is 42.9 Å². The topological polar surface area (TPSA) is 33.2 Å². The van der Waals surface area contributed by atoms with Crippen LogP contribution in [0.1, 0.15) is 36.7 Å². The smallest absolute Gasteiger partial charge is 0.219 e. The van der Waals surface area contributed by atoms with Gasteiger partial charge in [-0.2, -0.15) is 0 Å². The number of piperidine rings is 1. The van der Waals surface area contributed by atoms with Crippen molar-refractivity contribution < 1.29 is 4.79 Å². The number of amides is 1. The van der Waals surface area contributed by atoms with E-state index < -0.39 is 0 Å². The third-order valence-corrected chi connectivity index (χ3v) is 4.65. The van der Waals surface area contributed by atoms with E-state index in [2.05, 4.69) is 42.5 Å². The lowest BCUT2D eigenvalue weighted by atomic mass is 9.92. The molecule has 1 aromatic carbocycles. The average Bonchev–Trinajstić information content (AvgIpc) is 2.57. The Morgan fingerprint density at radius 1 is 1.04 bits per heavy atom. The van der Waals surface area contributed by atoms with E-state index in [4.69, 9.17) is 4.98 Å². The lowest BCUT2D eigenvalue weighted by molar-refractivity contribution is -0.130. The van der Waals surface area contributed by atoms with Crippen molar-refractivity contribution in [2.45, 2.75) is 32.6 Å². The summed E-state index contributed by atoms with van der Waals surface area (Å²) in [6, 6.07) is 16.8. The second kappa shape index (κ2) is 7.40. The summed E-state index contributed by atoms with van der Waals surface area (Å²) in [5, 5.41) is 0. The molecule has 3 nitrogen and oxygen atoms in total. The Morgan fingerprint density at radius 2 is 1.74 bits per heavy atom. The van der Waals surface area contributed by atoms with Crippen LogP contribution in [0.15, 0.2) is 48.5 Å². The Bertz CT molecular complexity index is 646. The predicted octanol–water partition coefficient (Wildman–Crippen LogP) is 3.47. The number of pyridine rings is 1. The zero-order chi connectivity index (χ0) is 16.1. The number of hydrogen-bond donors (Lipinski definition) is 0. The SMILES string of the molecule is CC(=O)N1CCC(Cc2cccc(Cc3ccccc3)n2)CC1. The lowest BCUT2D eigenvalue weighted by Gasteiger charge is -2.31. The van der Waals surface area contributed by atoms with Crippen molar-refractivity contribution in [3.63, 3.8) is 0 Å². The van der Waals surface area contributed by atoms with Crippen molar-refractivity contribution in [3.05, 3.63) is 65.5 Å². The molecule has 1 fully saturated rings. The van der Waals surface area contributed by atoms with E-state index in [1.165, 1.54) is 11.3 Å². The molecule has 2 heterocycles. The molecule has 3 rings (SSSR count). The first-order chi connectivity index (χ1) is 11.2. The van der Waals surface area contributed by atoms with Gasteiger partial charge in [-0.1, -0.05) is 36.4 Å². The Hall–Kier alpha value is -2.16. The molecular weight excluding hydrogens is 284 g/mol. The predicted molar refractivity (Wildman–Crippen MR) is 92.2 cm³/mol. The largest absolute Gasteiger partial charge is 0.343 e. The number of carbonyl (C=O) groups excluding carboxylic acids is 1. The fraction of sp³-hybridized carbons (Fsp3) is 0.400. The molecule has 1 aromatic heterocycles. The first-order valence-electron chi connectivity index (χ1n) is 8.45. The van der Waals surface area contributed by atoms with Crippen LogP contribution < -0.4 is 0 Å². The molecule has 2 aromatic rings. The van der Waals surface area contributed by atoms with E-state index in [-0.39, 0.29) is 5.91 Å². The van der Waals surface area contributed by atoms with Gasteiger partial charge in [0.1, 0.15) is 0 Å². The van der Waals surface area contributed by atoms with Gasteiger partial charge in [0.05, 0.1) is 0 Å². The van der Waals surface area contributed by atoms with Crippen LogP contribution in [0.5, 0.6) is 0 Å². The highest BCUT2D eigenvalue weighted by molar-refractivity contribution is 5.73. The number of aromatic nitrogens is 1. The summed E-state index contributed by atoms with van der Waals surface area (Å²) < 4.78 is 0. The van der Waals surface area contributed by atoms with Crippen molar-refractivity contribution in [1.29, 1.82) is 0 Å². The van der Waals surface area contributed by atoms with Crippen LogP contribution in [0, 0.1) is 5.92 Å². The van der Waals surface area contributed by atoms with E-state index >= 15 is 0 Å². The molecular formula is C20H24N2O. The monoisotopic (exact) mass is 308 g/mol. The molecule has 0 aliphatic carbocycles. The standard InChI is InChI=1S/C20H24N2O/c1-16(23)22-12-10-18(11-13-22)15-20-9-5-8-19(21-20)14-17-6-3-2-4-7-17/h2-9,18H,10-15H2,1H3. The summed E-state index contributed by atoms with van der Waals surface area (Å²) in [6.45, 7) is 3.45. The zero-order valence-corrected chi connectivity index (χ0v) is 13.7. The van der Waals surface area contributed by atoms with Crippen LogP contribution in [0.25, 0.3) is 0 Å². The van der Waals surface area contributed by atoms with Crippen molar-refractivity contribution in [2.24, 2.45) is 5.92 Å². The second-order valence-electron chi connectivity index (χ2n) is 6.44. The molecule has 0 saturated carbocycles. The molecule has 0 spiro atoms. The van der Waals surface area contributed by atoms with Gasteiger partial charge in [-0.15, -0.1) is 0 Å². The third kappa shape index (κ3) is 4.41. The maximum Gasteiger partial charge on any atom is 0.219 e. The van der Waals surface area contributed by atoms with E-state index in [9.17, 15) is 4.79 Å². The van der Waals surface area contributed by atoms with Gasteiger partial charge < -0.3 is 4.90 Å². The molecule has 120 valence electrons. The number of nitrogens with zero attached hydrogens (tertiary/aromatic N) is 2. The first kappa shape index (κ1) is 15.7. The lowest BCUT2D eigenvalue weighted by Crippen LogP contribution is -2.37. The molecule has 0 unspecified atom stereocenters. The van der Waals surface area contributed by atoms with Gasteiger partial charge in [-0.3, -0.25) is 9.78 Å². The Labute approximate surface area is 138 Å². The Kier molecular flexibility index (Phi) is 5.06. The molecule has 0 bridgehead atoms. The number of rotatable bonds is 4. The minimum Gasteiger partial charge on any atom is -0.343 e. The highest BCUT2D eigenvalue weighted by Crippen LogP contribution is 2.21. The van der Waals surface area contributed by atoms with Crippen LogP contribution in [-0.2, 0) is 17.6 Å². The highest BCUT2D eigenvalue weighted by Gasteiger charge is 2.21. The maximum atomic E-state index is 11.4. The van der Waals surface area contributed by atoms with E-state index in [1.807, 2.05) is 11.0 Å². The van der Waals surface area contributed by atoms with Crippen molar-refractivity contribution in [2.75, 3.05) is 13.1 Å². The summed E-state index contributed by atoms with van der Waals surface area (Å²) in [6.07, 6.45) is 4.08. The fourth-order valence-electron chi connectivity index (χ4n) is 3.29. The summed E-state index contributed by atoms with van der Waals surface area (Å²) in [5.41, 5.74) is 3.61. The van der Waals surface area contributed by atoms with Gasteiger partial charge in [0.2, 0.25) is 5.91 Å². The number of carbonyl (C=O) groups is 1. The van der Waals surface area contributed by atoms with E-state index in [0.717, 1.165) is 44.5 Å². The minimum absolute atomic E-state index is 0.200. The van der Waals surface area contributed by atoms with Crippen LogP contribution in [0.3, 0.4) is 0 Å². The Balaban J connectivity index is 1.59. The van der Waals surface area contributed by atoms with E-state index in [1.54, 1.807) is 6.92 Å². The summed E-state index contributed by atoms with van der Waals surface area (Å²) in [7, 11) is 0. The number of likely N-dealkylation sites (tertiary alicyclic amines) is 1. The fourth-order valence-corrected chi connectivity index (χ4v) is 3.29. The summed E-state index contributed by atoms with van der Waals surface area (Å²) in [5.74, 6) is 0.844. The van der Waals surface area contributed by atoms with Gasteiger partial charge >= 0.3 is 0 Å². The first-order valence-corrected chi connectivity index (χ1v) is 8.45. The van der Waals surface area contributed by atoms with Gasteiger partial charge in [0.15, 0.2) is 0 Å². The van der Waals surface area contributed by atoms with Crippen molar-refractivity contribution in [1.82, 2.24) is 9.88 Å². The molecule has 0 N–H and O–H groups in total. The third-order valence-electron chi connectivity index (χ3n) is 4.65. The van der Waals surface area contributed by atoms with Gasteiger partial charge in [-0.25, -0.2) is 0 Å². The molecule has 3 heteroatoms. The van der Waals surface area contributed by atoms with Crippen LogP contribution in [0.4, 0.5) is 0 Å². The summed E-state index contributed by atoms with van der Waals surface area (Å²) in [4.78, 5) is 18.2. The number of benzene rings is 1. The van der Waals surface area contributed by atoms with Crippen molar-refractivity contribution in [3.8, 4) is 0 Å². The number of hydrogen-bond acceptors (Lipinski definition) is 2.